The van der Waals surface area contributed by atoms with Gasteiger partial charge >= 0.3 is 0 Å². The molecule has 1 N–H and O–H groups in total. The van der Waals surface area contributed by atoms with Crippen molar-refractivity contribution in [2.45, 2.75) is 32.2 Å². The maximum atomic E-state index is 12.8. The van der Waals surface area contributed by atoms with Crippen LogP contribution in [0.2, 0.25) is 5.02 Å². The monoisotopic (exact) mass is 373 g/mol. The van der Waals surface area contributed by atoms with Gasteiger partial charge in [0.05, 0.1) is 22.4 Å². The fraction of sp³-hybridized carbons (Fsp3) is 0.278. The number of rotatable bonds is 3. The Morgan fingerprint density at radius 1 is 1.28 bits per heavy atom. The first-order chi connectivity index (χ1) is 12.1. The van der Waals surface area contributed by atoms with Gasteiger partial charge in [-0.05, 0) is 43.4 Å². The summed E-state index contributed by atoms with van der Waals surface area (Å²) in [5.41, 5.74) is 1.52. The van der Waals surface area contributed by atoms with E-state index >= 15 is 0 Å². The quantitative estimate of drug-likeness (QED) is 0.762. The summed E-state index contributed by atoms with van der Waals surface area (Å²) in [5, 5.41) is 3.88. The molecular weight excluding hydrogens is 358 g/mol. The van der Waals surface area contributed by atoms with Crippen LogP contribution in [-0.4, -0.2) is 15.5 Å². The largest absolute Gasteiger partial charge is 0.323 e. The smallest absolute Gasteiger partial charge is 0.262 e. The van der Waals surface area contributed by atoms with Crippen molar-refractivity contribution in [1.82, 2.24) is 9.55 Å². The molecule has 4 rings (SSSR count). The van der Waals surface area contributed by atoms with Crippen molar-refractivity contribution >= 4 is 44.7 Å². The third-order valence-electron chi connectivity index (χ3n) is 4.40. The highest BCUT2D eigenvalue weighted by atomic mass is 35.5. The number of aromatic nitrogens is 2. The zero-order valence-corrected chi connectivity index (χ0v) is 15.0. The first-order valence-electron chi connectivity index (χ1n) is 8.17. The van der Waals surface area contributed by atoms with Crippen LogP contribution in [0.3, 0.4) is 0 Å². The Labute approximate surface area is 153 Å². The van der Waals surface area contributed by atoms with Gasteiger partial charge in [0.15, 0.2) is 0 Å². The number of carbonyl (C=O) groups excluding carboxylic acids is 1. The third kappa shape index (κ3) is 3.07. The van der Waals surface area contributed by atoms with Crippen molar-refractivity contribution in [3.8, 4) is 0 Å². The molecule has 0 fully saturated rings. The molecule has 128 valence electrons. The van der Waals surface area contributed by atoms with Crippen LogP contribution in [-0.2, 0) is 24.2 Å². The van der Waals surface area contributed by atoms with Gasteiger partial charge in [0, 0.05) is 4.88 Å². The summed E-state index contributed by atoms with van der Waals surface area (Å²) < 4.78 is 1.37. The molecule has 3 aromatic rings. The molecule has 0 aliphatic heterocycles. The minimum atomic E-state index is -0.305. The van der Waals surface area contributed by atoms with E-state index in [0.29, 0.717) is 16.1 Å². The molecule has 2 heterocycles. The summed E-state index contributed by atoms with van der Waals surface area (Å²) in [7, 11) is 0. The third-order valence-corrected chi connectivity index (χ3v) is 5.93. The molecule has 1 aliphatic rings. The van der Waals surface area contributed by atoms with E-state index in [1.165, 1.54) is 15.8 Å². The van der Waals surface area contributed by atoms with Crippen molar-refractivity contribution in [3.05, 3.63) is 56.4 Å². The van der Waals surface area contributed by atoms with Crippen LogP contribution in [0.5, 0.6) is 0 Å². The summed E-state index contributed by atoms with van der Waals surface area (Å²) in [5.74, 6) is -0.305. The van der Waals surface area contributed by atoms with Crippen LogP contribution >= 0.6 is 22.9 Å². The maximum Gasteiger partial charge on any atom is 0.262 e. The van der Waals surface area contributed by atoms with E-state index < -0.39 is 0 Å². The molecule has 0 spiro atoms. The highest BCUT2D eigenvalue weighted by Gasteiger charge is 2.20. The fourth-order valence-electron chi connectivity index (χ4n) is 3.20. The molecule has 1 amide bonds. The minimum absolute atomic E-state index is 0.0857. The maximum absolute atomic E-state index is 12.8. The van der Waals surface area contributed by atoms with Gasteiger partial charge in [0.25, 0.3) is 5.56 Å². The Hall–Kier alpha value is -2.18. The van der Waals surface area contributed by atoms with E-state index in [-0.39, 0.29) is 18.0 Å². The van der Waals surface area contributed by atoms with Crippen LogP contribution in [0.1, 0.15) is 23.3 Å². The Balaban J connectivity index is 1.63. The van der Waals surface area contributed by atoms with Crippen molar-refractivity contribution in [3.63, 3.8) is 0 Å². The predicted octanol–water partition coefficient (Wildman–Crippen LogP) is 3.63. The van der Waals surface area contributed by atoms with Crippen LogP contribution in [0.4, 0.5) is 5.69 Å². The first kappa shape index (κ1) is 16.3. The molecule has 0 bridgehead atoms. The van der Waals surface area contributed by atoms with Crippen molar-refractivity contribution < 1.29 is 4.79 Å². The van der Waals surface area contributed by atoms with Gasteiger partial charge in [0.2, 0.25) is 5.91 Å². The molecule has 2 aromatic heterocycles. The number of para-hydroxylation sites is 1. The van der Waals surface area contributed by atoms with Crippen LogP contribution in [0, 0.1) is 0 Å². The van der Waals surface area contributed by atoms with E-state index in [4.69, 9.17) is 11.6 Å². The Kier molecular flexibility index (Phi) is 4.31. The van der Waals surface area contributed by atoms with Crippen molar-refractivity contribution in [1.29, 1.82) is 0 Å². The van der Waals surface area contributed by atoms with Gasteiger partial charge < -0.3 is 5.32 Å². The number of hydrogen-bond donors (Lipinski definition) is 1. The van der Waals surface area contributed by atoms with E-state index in [1.807, 2.05) is 0 Å². The molecule has 7 heteroatoms. The number of nitrogens with one attached hydrogen (secondary N) is 1. The molecule has 1 aliphatic carbocycles. The molecule has 0 saturated heterocycles. The number of thiophene rings is 1. The number of amides is 1. The molecule has 0 saturated carbocycles. The SMILES string of the molecule is O=C(Cn1cnc2sc3c(c2c1=O)CCCC3)Nc1ccccc1Cl. The lowest BCUT2D eigenvalue weighted by molar-refractivity contribution is -0.116. The summed E-state index contributed by atoms with van der Waals surface area (Å²) >= 11 is 7.65. The topological polar surface area (TPSA) is 64.0 Å². The predicted molar refractivity (Wildman–Crippen MR) is 101 cm³/mol. The number of halogens is 1. The summed E-state index contributed by atoms with van der Waals surface area (Å²) in [4.78, 5) is 31.6. The number of fused-ring (bicyclic) bond motifs is 3. The summed E-state index contributed by atoms with van der Waals surface area (Å²) in [6.45, 7) is -0.0857. The van der Waals surface area contributed by atoms with Crippen molar-refractivity contribution in [2.24, 2.45) is 0 Å². The van der Waals surface area contributed by atoms with E-state index in [0.717, 1.165) is 36.1 Å². The highest BCUT2D eigenvalue weighted by Crippen LogP contribution is 2.33. The minimum Gasteiger partial charge on any atom is -0.323 e. The second-order valence-electron chi connectivity index (χ2n) is 6.10. The second-order valence-corrected chi connectivity index (χ2v) is 7.59. The number of nitrogens with zero attached hydrogens (tertiary/aromatic N) is 2. The molecule has 0 radical (unpaired) electrons. The Morgan fingerprint density at radius 2 is 2.08 bits per heavy atom. The van der Waals surface area contributed by atoms with Gasteiger partial charge in [-0.1, -0.05) is 23.7 Å². The summed E-state index contributed by atoms with van der Waals surface area (Å²) in [6, 6.07) is 7.01. The zero-order chi connectivity index (χ0) is 17.4. The normalized spacial score (nSPS) is 13.6. The first-order valence-corrected chi connectivity index (χ1v) is 9.37. The molecular formula is C18H16ClN3O2S. The fourth-order valence-corrected chi connectivity index (χ4v) is 4.60. The molecule has 1 aromatic carbocycles. The number of carbonyl (C=O) groups is 1. The Morgan fingerprint density at radius 3 is 2.92 bits per heavy atom. The van der Waals surface area contributed by atoms with Gasteiger partial charge in [-0.15, -0.1) is 11.3 Å². The van der Waals surface area contributed by atoms with Gasteiger partial charge in [-0.25, -0.2) is 4.98 Å². The Bertz CT molecular complexity index is 1020. The van der Waals surface area contributed by atoms with Crippen molar-refractivity contribution in [2.75, 3.05) is 5.32 Å². The molecule has 0 atom stereocenters. The van der Waals surface area contributed by atoms with Crippen LogP contribution in [0.15, 0.2) is 35.4 Å². The highest BCUT2D eigenvalue weighted by molar-refractivity contribution is 7.18. The van der Waals surface area contributed by atoms with E-state index in [1.54, 1.807) is 35.6 Å². The molecule has 5 nitrogen and oxygen atoms in total. The van der Waals surface area contributed by atoms with Crippen LogP contribution < -0.4 is 10.9 Å². The number of benzene rings is 1. The lowest BCUT2D eigenvalue weighted by Gasteiger charge is -2.11. The average Bonchev–Trinajstić information content (AvgIpc) is 2.99. The second kappa shape index (κ2) is 6.61. The zero-order valence-electron chi connectivity index (χ0n) is 13.4. The molecule has 0 unspecified atom stereocenters. The number of hydrogen-bond acceptors (Lipinski definition) is 4. The molecule has 25 heavy (non-hydrogen) atoms. The van der Waals surface area contributed by atoms with E-state index in [9.17, 15) is 9.59 Å². The lowest BCUT2D eigenvalue weighted by Crippen LogP contribution is -2.28. The number of aryl methyl sites for hydroxylation is 2. The van der Waals surface area contributed by atoms with Gasteiger partial charge in [0.1, 0.15) is 11.4 Å². The van der Waals surface area contributed by atoms with Gasteiger partial charge in [-0.3, -0.25) is 14.2 Å². The number of anilines is 1. The standard InChI is InChI=1S/C18H16ClN3O2S/c19-12-6-2-3-7-13(12)21-15(23)9-22-10-20-17-16(18(22)24)11-5-1-4-8-14(11)25-17/h2-3,6-7,10H,1,4-5,8-9H2,(H,21,23). The average molecular weight is 374 g/mol. The van der Waals surface area contributed by atoms with Gasteiger partial charge in [-0.2, -0.15) is 0 Å². The van der Waals surface area contributed by atoms with E-state index in [2.05, 4.69) is 10.3 Å². The summed E-state index contributed by atoms with van der Waals surface area (Å²) in [6.07, 6.45) is 5.65. The van der Waals surface area contributed by atoms with Crippen LogP contribution in [0.25, 0.3) is 10.2 Å². The lowest BCUT2D eigenvalue weighted by atomic mass is 9.97.